The molecule has 1 N–H and O–H groups in total. The minimum Gasteiger partial charge on any atom is -0.494 e. The SMILES string of the molecule is COc1ccc(Cc2cc([C@]34OC[C@](C(C)(C)O)(O3)[C@@H](OCc3ccccc3)[C@H](OCc3ccccc3)[C@H]4OCc3ccccc3)ccc2Cl)c(F)c1F. The molecule has 5 aromatic carbocycles. The summed E-state index contributed by atoms with van der Waals surface area (Å²) in [5.41, 5.74) is 0.850. The van der Waals surface area contributed by atoms with Crippen molar-refractivity contribution in [1.29, 1.82) is 0 Å². The number of benzene rings is 5. The third-order valence-electron chi connectivity index (χ3n) is 10.3. The zero-order valence-corrected chi connectivity index (χ0v) is 31.1. The quantitative estimate of drug-likeness (QED) is 0.122. The van der Waals surface area contributed by atoms with E-state index in [0.29, 0.717) is 16.1 Å². The highest BCUT2D eigenvalue weighted by Gasteiger charge is 2.73. The van der Waals surface area contributed by atoms with Crippen LogP contribution in [0, 0.1) is 11.6 Å². The van der Waals surface area contributed by atoms with Crippen LogP contribution in [0.4, 0.5) is 8.78 Å². The highest BCUT2D eigenvalue weighted by molar-refractivity contribution is 6.31. The molecule has 2 saturated heterocycles. The Labute approximate surface area is 319 Å². The van der Waals surface area contributed by atoms with Crippen molar-refractivity contribution < 1.29 is 42.3 Å². The number of ether oxygens (including phenoxy) is 6. The van der Waals surface area contributed by atoms with E-state index < -0.39 is 46.9 Å². The smallest absolute Gasteiger partial charge is 0.225 e. The number of methoxy groups -OCH3 is 1. The first-order valence-corrected chi connectivity index (χ1v) is 18.3. The zero-order valence-electron chi connectivity index (χ0n) is 30.3. The molecule has 2 heterocycles. The van der Waals surface area contributed by atoms with Crippen molar-refractivity contribution >= 4 is 11.6 Å². The van der Waals surface area contributed by atoms with Crippen LogP contribution < -0.4 is 4.74 Å². The Balaban J connectivity index is 1.35. The number of rotatable bonds is 14. The summed E-state index contributed by atoms with van der Waals surface area (Å²) in [5, 5.41) is 12.4. The van der Waals surface area contributed by atoms with Gasteiger partial charge in [-0.05, 0) is 59.9 Å². The topological polar surface area (TPSA) is 75.6 Å². The molecule has 0 unspecified atom stereocenters. The van der Waals surface area contributed by atoms with E-state index in [2.05, 4.69) is 0 Å². The van der Waals surface area contributed by atoms with Gasteiger partial charge in [-0.25, -0.2) is 4.39 Å². The van der Waals surface area contributed by atoms with Crippen molar-refractivity contribution in [2.75, 3.05) is 13.7 Å². The number of hydrogen-bond donors (Lipinski definition) is 1. The molecule has 0 aliphatic carbocycles. The minimum absolute atomic E-state index is 0.0432. The molecule has 282 valence electrons. The number of halogens is 3. The molecule has 0 radical (unpaired) electrons. The summed E-state index contributed by atoms with van der Waals surface area (Å²) < 4.78 is 69.5. The molecule has 5 aromatic rings. The average Bonchev–Trinajstić information content (AvgIpc) is 3.56. The van der Waals surface area contributed by atoms with Gasteiger partial charge in [0.2, 0.25) is 11.6 Å². The average molecular weight is 757 g/mol. The molecule has 54 heavy (non-hydrogen) atoms. The monoisotopic (exact) mass is 756 g/mol. The third kappa shape index (κ3) is 7.42. The van der Waals surface area contributed by atoms with Crippen LogP contribution in [0.2, 0.25) is 5.02 Å². The molecular weight excluding hydrogens is 714 g/mol. The second-order valence-corrected chi connectivity index (χ2v) is 14.6. The van der Waals surface area contributed by atoms with Gasteiger partial charge in [0, 0.05) is 17.0 Å². The van der Waals surface area contributed by atoms with E-state index in [-0.39, 0.29) is 44.2 Å². The lowest BCUT2D eigenvalue weighted by Crippen LogP contribution is -2.72. The lowest BCUT2D eigenvalue weighted by atomic mass is 9.74. The van der Waals surface area contributed by atoms with Crippen molar-refractivity contribution in [2.24, 2.45) is 0 Å². The molecule has 2 aliphatic rings. The maximum absolute atomic E-state index is 15.3. The summed E-state index contributed by atoms with van der Waals surface area (Å²) in [6.45, 7) is 3.82. The largest absolute Gasteiger partial charge is 0.494 e. The Morgan fingerprint density at radius 3 is 1.83 bits per heavy atom. The molecule has 7 nitrogen and oxygen atoms in total. The molecule has 2 bridgehead atoms. The standard InChI is InChI=1S/C44H43ClF2O7/c1-42(2,48)43-28-53-44(54-43,34-20-21-35(45)33(24-34)23-32-19-22-36(49-3)38(47)37(32)46)41(52-27-31-17-11-6-12-18-31)39(50-25-29-13-7-4-8-14-29)40(43)51-26-30-15-9-5-10-16-30/h4-22,24,39-41,48H,23,25-28H2,1-3H3/t39-,40-,41+,43-,44-/m0/s1. The van der Waals surface area contributed by atoms with Gasteiger partial charge in [-0.1, -0.05) is 115 Å². The van der Waals surface area contributed by atoms with E-state index in [1.807, 2.05) is 91.0 Å². The van der Waals surface area contributed by atoms with Gasteiger partial charge >= 0.3 is 0 Å². The van der Waals surface area contributed by atoms with Gasteiger partial charge in [-0.3, -0.25) is 0 Å². The van der Waals surface area contributed by atoms with Crippen LogP contribution in [0.25, 0.3) is 0 Å². The Bertz CT molecular complexity index is 2030. The molecule has 5 atom stereocenters. The number of fused-ring (bicyclic) bond motifs is 2. The molecule has 0 amide bonds. The van der Waals surface area contributed by atoms with Crippen molar-refractivity contribution in [1.82, 2.24) is 0 Å². The van der Waals surface area contributed by atoms with Gasteiger partial charge in [0.1, 0.15) is 18.3 Å². The van der Waals surface area contributed by atoms with Gasteiger partial charge in [0.25, 0.3) is 0 Å². The van der Waals surface area contributed by atoms with Gasteiger partial charge < -0.3 is 33.5 Å². The van der Waals surface area contributed by atoms with Crippen LogP contribution in [0.5, 0.6) is 5.75 Å². The summed E-state index contributed by atoms with van der Waals surface area (Å²) in [6.07, 6.45) is -2.75. The van der Waals surface area contributed by atoms with Crippen LogP contribution in [0.3, 0.4) is 0 Å². The highest BCUT2D eigenvalue weighted by Crippen LogP contribution is 2.56. The second kappa shape index (κ2) is 15.9. The fraction of sp³-hybridized carbons (Fsp3) is 0.318. The molecule has 2 fully saturated rings. The van der Waals surface area contributed by atoms with Gasteiger partial charge in [-0.2, -0.15) is 4.39 Å². The third-order valence-corrected chi connectivity index (χ3v) is 10.7. The zero-order chi connectivity index (χ0) is 37.9. The molecule has 7 rings (SSSR count). The van der Waals surface area contributed by atoms with Crippen LogP contribution in [-0.2, 0) is 55.7 Å². The van der Waals surface area contributed by atoms with Crippen LogP contribution in [0.1, 0.15) is 47.2 Å². The van der Waals surface area contributed by atoms with Crippen molar-refractivity contribution in [3.05, 3.63) is 171 Å². The molecule has 2 aliphatic heterocycles. The van der Waals surface area contributed by atoms with Crippen molar-refractivity contribution in [2.45, 2.75) is 75.4 Å². The normalized spacial score (nSPS) is 23.7. The van der Waals surface area contributed by atoms with Crippen molar-refractivity contribution in [3.63, 3.8) is 0 Å². The Kier molecular flexibility index (Phi) is 11.2. The van der Waals surface area contributed by atoms with Gasteiger partial charge in [0.05, 0.1) is 39.1 Å². The Morgan fingerprint density at radius 2 is 1.28 bits per heavy atom. The van der Waals surface area contributed by atoms with E-state index >= 15 is 4.39 Å². The lowest BCUT2D eigenvalue weighted by molar-refractivity contribution is -0.369. The van der Waals surface area contributed by atoms with Gasteiger partial charge in [0.15, 0.2) is 17.2 Å². The van der Waals surface area contributed by atoms with Crippen LogP contribution >= 0.6 is 11.6 Å². The van der Waals surface area contributed by atoms with E-state index in [1.165, 1.54) is 19.2 Å². The summed E-state index contributed by atoms with van der Waals surface area (Å²) in [5.74, 6) is -3.97. The Morgan fingerprint density at radius 1 is 0.722 bits per heavy atom. The first kappa shape index (κ1) is 38.1. The van der Waals surface area contributed by atoms with Crippen LogP contribution in [-0.4, -0.2) is 48.3 Å². The van der Waals surface area contributed by atoms with Crippen LogP contribution in [0.15, 0.2) is 121 Å². The fourth-order valence-electron chi connectivity index (χ4n) is 7.31. The van der Waals surface area contributed by atoms with E-state index in [4.69, 9.17) is 40.0 Å². The van der Waals surface area contributed by atoms with Gasteiger partial charge in [-0.15, -0.1) is 0 Å². The lowest BCUT2D eigenvalue weighted by Gasteiger charge is -2.54. The highest BCUT2D eigenvalue weighted by atomic mass is 35.5. The molecule has 0 spiro atoms. The fourth-order valence-corrected chi connectivity index (χ4v) is 7.50. The maximum Gasteiger partial charge on any atom is 0.225 e. The maximum atomic E-state index is 15.3. The summed E-state index contributed by atoms with van der Waals surface area (Å²) >= 11 is 6.74. The molecule has 0 aromatic heterocycles. The number of aliphatic hydroxyl groups is 1. The predicted octanol–water partition coefficient (Wildman–Crippen LogP) is 8.70. The van der Waals surface area contributed by atoms with Crippen molar-refractivity contribution in [3.8, 4) is 5.75 Å². The summed E-state index contributed by atoms with van der Waals surface area (Å²) in [7, 11) is 1.28. The number of hydrogen-bond acceptors (Lipinski definition) is 7. The Hall–Kier alpha value is -4.19. The van der Waals surface area contributed by atoms with E-state index in [1.54, 1.807) is 32.0 Å². The molecular formula is C44H43ClF2O7. The summed E-state index contributed by atoms with van der Waals surface area (Å²) in [6, 6.07) is 37.2. The first-order valence-electron chi connectivity index (χ1n) is 17.9. The van der Waals surface area contributed by atoms with E-state index in [9.17, 15) is 9.50 Å². The second-order valence-electron chi connectivity index (χ2n) is 14.2. The molecule has 0 saturated carbocycles. The minimum atomic E-state index is -1.66. The van der Waals surface area contributed by atoms with E-state index in [0.717, 1.165) is 16.7 Å². The molecule has 10 heteroatoms. The summed E-state index contributed by atoms with van der Waals surface area (Å²) in [4.78, 5) is 0. The predicted molar refractivity (Wildman–Crippen MR) is 200 cm³/mol. The first-order chi connectivity index (χ1) is 26.0.